The zero-order valence-corrected chi connectivity index (χ0v) is 14.9. The van der Waals surface area contributed by atoms with Gasteiger partial charge in [-0.15, -0.1) is 0 Å². The van der Waals surface area contributed by atoms with Crippen molar-refractivity contribution in [2.45, 2.75) is 32.4 Å². The molecular weight excluding hydrogens is 316 g/mol. The number of carbonyl (C=O) groups is 1. The van der Waals surface area contributed by atoms with Crippen LogP contribution in [0, 0.1) is 5.92 Å². The normalized spacial score (nSPS) is 18.8. The molecule has 2 heterocycles. The van der Waals surface area contributed by atoms with E-state index in [0.29, 0.717) is 13.1 Å². The maximum absolute atomic E-state index is 12.4. The van der Waals surface area contributed by atoms with Gasteiger partial charge < -0.3 is 15.3 Å². The second-order valence-electron chi connectivity index (χ2n) is 6.85. The van der Waals surface area contributed by atoms with Crippen LogP contribution in [0.15, 0.2) is 36.7 Å². The Morgan fingerprint density at radius 1 is 1.44 bits per heavy atom. The van der Waals surface area contributed by atoms with Gasteiger partial charge in [0.15, 0.2) is 0 Å². The zero-order chi connectivity index (χ0) is 17.8. The fourth-order valence-electron chi connectivity index (χ4n) is 3.31. The molecule has 25 heavy (non-hydrogen) atoms. The minimum absolute atomic E-state index is 0.0582. The lowest BCUT2D eigenvalue weighted by Gasteiger charge is -2.34. The summed E-state index contributed by atoms with van der Waals surface area (Å²) in [5.74, 6) is 0.174. The van der Waals surface area contributed by atoms with E-state index in [0.717, 1.165) is 36.1 Å². The fraction of sp³-hybridized carbons (Fsp3) is 0.474. The van der Waals surface area contributed by atoms with Crippen molar-refractivity contribution >= 4 is 6.03 Å². The van der Waals surface area contributed by atoms with E-state index in [1.165, 1.54) is 0 Å². The summed E-state index contributed by atoms with van der Waals surface area (Å²) in [6.07, 6.45) is 5.36. The molecule has 1 saturated heterocycles. The number of hydrogen-bond donors (Lipinski definition) is 2. The molecule has 2 N–H and O–H groups in total. The number of aryl methyl sites for hydroxylation is 1. The van der Waals surface area contributed by atoms with E-state index < -0.39 is 0 Å². The number of aliphatic hydroxyl groups excluding tert-OH is 1. The first-order chi connectivity index (χ1) is 12.0. The molecule has 1 fully saturated rings. The molecule has 0 spiro atoms. The van der Waals surface area contributed by atoms with Crippen LogP contribution in [0.2, 0.25) is 0 Å². The number of amides is 2. The lowest BCUT2D eigenvalue weighted by Crippen LogP contribution is -2.47. The third-order valence-corrected chi connectivity index (χ3v) is 4.84. The van der Waals surface area contributed by atoms with Crippen LogP contribution in [-0.2, 0) is 13.6 Å². The van der Waals surface area contributed by atoms with Crippen LogP contribution in [0.3, 0.4) is 0 Å². The highest BCUT2D eigenvalue weighted by molar-refractivity contribution is 5.74. The van der Waals surface area contributed by atoms with Crippen LogP contribution < -0.4 is 5.32 Å². The molecular formula is C19H26N4O2. The minimum Gasteiger partial charge on any atom is -0.393 e. The molecule has 2 aromatic rings. The van der Waals surface area contributed by atoms with E-state index in [1.54, 1.807) is 11.6 Å². The Balaban J connectivity index is 1.59. The van der Waals surface area contributed by atoms with E-state index in [2.05, 4.69) is 16.5 Å². The SMILES string of the molecule is CC(O)C1CCCN(C(=O)NCc2cccc(-c3cnn(C)c3)c2)C1. The van der Waals surface area contributed by atoms with Gasteiger partial charge in [0.2, 0.25) is 0 Å². The first-order valence-electron chi connectivity index (χ1n) is 8.82. The molecule has 1 aromatic heterocycles. The summed E-state index contributed by atoms with van der Waals surface area (Å²) in [7, 11) is 1.90. The van der Waals surface area contributed by atoms with Gasteiger partial charge in [0, 0.05) is 44.4 Å². The second-order valence-corrected chi connectivity index (χ2v) is 6.85. The van der Waals surface area contributed by atoms with Crippen LogP contribution in [0.5, 0.6) is 0 Å². The summed E-state index contributed by atoms with van der Waals surface area (Å²) < 4.78 is 1.78. The number of likely N-dealkylation sites (tertiary alicyclic amines) is 1. The topological polar surface area (TPSA) is 70.4 Å². The van der Waals surface area contributed by atoms with Crippen LogP contribution in [0.1, 0.15) is 25.3 Å². The van der Waals surface area contributed by atoms with Crippen LogP contribution in [-0.4, -0.2) is 45.0 Å². The maximum atomic E-state index is 12.4. The number of aliphatic hydroxyl groups is 1. The third kappa shape index (κ3) is 4.39. The van der Waals surface area contributed by atoms with E-state index in [-0.39, 0.29) is 18.1 Å². The molecule has 6 nitrogen and oxygen atoms in total. The van der Waals surface area contributed by atoms with Gasteiger partial charge in [0.25, 0.3) is 0 Å². The van der Waals surface area contributed by atoms with Crippen molar-refractivity contribution in [2.24, 2.45) is 13.0 Å². The van der Waals surface area contributed by atoms with Gasteiger partial charge in [0.1, 0.15) is 0 Å². The third-order valence-electron chi connectivity index (χ3n) is 4.84. The smallest absolute Gasteiger partial charge is 0.317 e. The molecule has 0 saturated carbocycles. The molecule has 0 aliphatic carbocycles. The first kappa shape index (κ1) is 17.5. The highest BCUT2D eigenvalue weighted by Gasteiger charge is 2.26. The first-order valence-corrected chi connectivity index (χ1v) is 8.82. The van der Waals surface area contributed by atoms with Gasteiger partial charge in [-0.1, -0.05) is 18.2 Å². The Labute approximate surface area is 148 Å². The molecule has 1 aliphatic heterocycles. The number of benzene rings is 1. The monoisotopic (exact) mass is 342 g/mol. The van der Waals surface area contributed by atoms with Gasteiger partial charge in [0.05, 0.1) is 12.3 Å². The van der Waals surface area contributed by atoms with Gasteiger partial charge in [-0.2, -0.15) is 5.10 Å². The Hall–Kier alpha value is -2.34. The molecule has 134 valence electrons. The van der Waals surface area contributed by atoms with E-state index >= 15 is 0 Å². The largest absolute Gasteiger partial charge is 0.393 e. The highest BCUT2D eigenvalue weighted by Crippen LogP contribution is 2.21. The number of aromatic nitrogens is 2. The second kappa shape index (κ2) is 7.70. The molecule has 3 rings (SSSR count). The van der Waals surface area contributed by atoms with Gasteiger partial charge in [-0.25, -0.2) is 4.79 Å². The number of rotatable bonds is 4. The van der Waals surface area contributed by atoms with E-state index in [9.17, 15) is 9.90 Å². The van der Waals surface area contributed by atoms with Crippen molar-refractivity contribution in [3.8, 4) is 11.1 Å². The predicted octanol–water partition coefficient (Wildman–Crippen LogP) is 2.39. The number of nitrogens with one attached hydrogen (secondary N) is 1. The molecule has 6 heteroatoms. The molecule has 2 atom stereocenters. The van der Waals surface area contributed by atoms with Crippen molar-refractivity contribution in [1.29, 1.82) is 0 Å². The summed E-state index contributed by atoms with van der Waals surface area (Å²) in [6.45, 7) is 3.67. The van der Waals surface area contributed by atoms with Crippen LogP contribution in [0.4, 0.5) is 4.79 Å². The molecule has 2 unspecified atom stereocenters. The molecule has 1 aromatic carbocycles. The van der Waals surface area contributed by atoms with Crippen LogP contribution in [0.25, 0.3) is 11.1 Å². The molecule has 1 aliphatic rings. The number of nitrogens with zero attached hydrogens (tertiary/aromatic N) is 3. The number of carbonyl (C=O) groups excluding carboxylic acids is 1. The zero-order valence-electron chi connectivity index (χ0n) is 14.9. The lowest BCUT2D eigenvalue weighted by atomic mass is 9.94. The Morgan fingerprint density at radius 2 is 2.28 bits per heavy atom. The van der Waals surface area contributed by atoms with Crippen molar-refractivity contribution in [3.05, 3.63) is 42.2 Å². The van der Waals surface area contributed by atoms with Gasteiger partial charge in [-0.05, 0) is 37.0 Å². The summed E-state index contributed by atoms with van der Waals surface area (Å²) in [4.78, 5) is 14.2. The summed E-state index contributed by atoms with van der Waals surface area (Å²) in [5, 5.41) is 17.0. The van der Waals surface area contributed by atoms with E-state index in [1.807, 2.05) is 42.5 Å². The highest BCUT2D eigenvalue weighted by atomic mass is 16.3. The number of piperidine rings is 1. The van der Waals surface area contributed by atoms with Gasteiger partial charge in [-0.3, -0.25) is 4.68 Å². The quantitative estimate of drug-likeness (QED) is 0.896. The maximum Gasteiger partial charge on any atom is 0.317 e. The van der Waals surface area contributed by atoms with Crippen molar-refractivity contribution in [1.82, 2.24) is 20.0 Å². The standard InChI is InChI=1S/C19H26N4O2/c1-14(24)17-7-4-8-23(13-17)19(25)20-10-15-5-3-6-16(9-15)18-11-21-22(2)12-18/h3,5-6,9,11-12,14,17,24H,4,7-8,10,13H2,1-2H3,(H,20,25). The number of hydrogen-bond acceptors (Lipinski definition) is 3. The Morgan fingerprint density at radius 3 is 3.00 bits per heavy atom. The van der Waals surface area contributed by atoms with Crippen LogP contribution >= 0.6 is 0 Å². The van der Waals surface area contributed by atoms with E-state index in [4.69, 9.17) is 0 Å². The Kier molecular flexibility index (Phi) is 5.38. The van der Waals surface area contributed by atoms with Gasteiger partial charge >= 0.3 is 6.03 Å². The number of urea groups is 1. The lowest BCUT2D eigenvalue weighted by molar-refractivity contribution is 0.0738. The average molecular weight is 342 g/mol. The molecule has 0 radical (unpaired) electrons. The summed E-state index contributed by atoms with van der Waals surface area (Å²) in [6, 6.07) is 8.06. The summed E-state index contributed by atoms with van der Waals surface area (Å²) in [5.41, 5.74) is 3.21. The summed E-state index contributed by atoms with van der Waals surface area (Å²) >= 11 is 0. The fourth-order valence-corrected chi connectivity index (χ4v) is 3.31. The molecule has 2 amide bonds. The van der Waals surface area contributed by atoms with Crippen molar-refractivity contribution in [3.63, 3.8) is 0 Å². The Bertz CT molecular complexity index is 726. The molecule has 0 bridgehead atoms. The van der Waals surface area contributed by atoms with Crippen molar-refractivity contribution < 1.29 is 9.90 Å². The average Bonchev–Trinajstić information content (AvgIpc) is 3.06. The van der Waals surface area contributed by atoms with Crippen molar-refractivity contribution in [2.75, 3.05) is 13.1 Å². The minimum atomic E-state index is -0.369. The predicted molar refractivity (Wildman–Crippen MR) is 96.9 cm³/mol.